The van der Waals surface area contributed by atoms with Crippen molar-refractivity contribution in [3.8, 4) is 0 Å². The van der Waals surface area contributed by atoms with Crippen molar-refractivity contribution in [2.45, 2.75) is 58.1 Å². The summed E-state index contributed by atoms with van der Waals surface area (Å²) in [6.07, 6.45) is 9.83. The maximum atomic E-state index is 12.3. The maximum absolute atomic E-state index is 12.3. The van der Waals surface area contributed by atoms with Gasteiger partial charge in [0.2, 0.25) is 5.91 Å². The van der Waals surface area contributed by atoms with Crippen LogP contribution in [0, 0.1) is 0 Å². The average Bonchev–Trinajstić information content (AvgIpc) is 2.73. The van der Waals surface area contributed by atoms with Crippen LogP contribution in [-0.2, 0) is 11.3 Å². The Labute approximate surface area is 121 Å². The van der Waals surface area contributed by atoms with Gasteiger partial charge in [0.05, 0.1) is 6.10 Å². The second-order valence-corrected chi connectivity index (χ2v) is 5.72. The fourth-order valence-corrected chi connectivity index (χ4v) is 2.77. The summed E-state index contributed by atoms with van der Waals surface area (Å²) in [5.41, 5.74) is 0.913. The Balaban J connectivity index is 1.90. The summed E-state index contributed by atoms with van der Waals surface area (Å²) in [6, 6.07) is 1.91. The predicted octanol–water partition coefficient (Wildman–Crippen LogP) is 2.72. The predicted molar refractivity (Wildman–Crippen MR) is 79.3 cm³/mol. The van der Waals surface area contributed by atoms with Crippen LogP contribution in [0.15, 0.2) is 18.5 Å². The largest absolute Gasteiger partial charge is 0.388 e. The van der Waals surface area contributed by atoms with Gasteiger partial charge in [-0.2, -0.15) is 0 Å². The van der Waals surface area contributed by atoms with Gasteiger partial charge < -0.3 is 14.6 Å². The molecule has 1 aliphatic rings. The van der Waals surface area contributed by atoms with Gasteiger partial charge in [0.25, 0.3) is 0 Å². The number of aliphatic hydroxyl groups excluding tert-OH is 1. The van der Waals surface area contributed by atoms with E-state index in [4.69, 9.17) is 0 Å². The molecule has 0 radical (unpaired) electrons. The van der Waals surface area contributed by atoms with Crippen molar-refractivity contribution < 1.29 is 9.90 Å². The fraction of sp³-hybridized carbons (Fsp3) is 0.688. The fourth-order valence-electron chi connectivity index (χ4n) is 2.77. The summed E-state index contributed by atoms with van der Waals surface area (Å²) in [6.45, 7) is 4.23. The molecule has 0 spiro atoms. The molecule has 20 heavy (non-hydrogen) atoms. The molecular formula is C16H26N2O2. The Morgan fingerprint density at radius 1 is 1.30 bits per heavy atom. The van der Waals surface area contributed by atoms with Crippen molar-refractivity contribution in [2.75, 3.05) is 13.1 Å². The zero-order valence-corrected chi connectivity index (χ0v) is 12.4. The number of amides is 1. The monoisotopic (exact) mass is 278 g/mol. The Morgan fingerprint density at radius 3 is 2.65 bits per heavy atom. The number of carbonyl (C=O) groups is 1. The van der Waals surface area contributed by atoms with Crippen molar-refractivity contribution in [1.29, 1.82) is 0 Å². The smallest absolute Gasteiger partial charge is 0.242 e. The first-order valence-corrected chi connectivity index (χ1v) is 7.82. The molecule has 4 heteroatoms. The number of aliphatic hydroxyl groups is 1. The van der Waals surface area contributed by atoms with Crippen molar-refractivity contribution in [2.24, 2.45) is 0 Å². The molecule has 1 N–H and O–H groups in total. The highest BCUT2D eigenvalue weighted by molar-refractivity contribution is 5.76. The van der Waals surface area contributed by atoms with E-state index in [0.29, 0.717) is 6.54 Å². The van der Waals surface area contributed by atoms with Gasteiger partial charge in [-0.1, -0.05) is 26.2 Å². The van der Waals surface area contributed by atoms with Gasteiger partial charge in [0.1, 0.15) is 6.54 Å². The number of likely N-dealkylation sites (tertiary alicyclic amines) is 1. The quantitative estimate of drug-likeness (QED) is 0.900. The summed E-state index contributed by atoms with van der Waals surface area (Å²) in [7, 11) is 0. The molecule has 112 valence electrons. The third kappa shape index (κ3) is 4.10. The van der Waals surface area contributed by atoms with Gasteiger partial charge >= 0.3 is 0 Å². The van der Waals surface area contributed by atoms with Gasteiger partial charge in [-0.25, -0.2) is 0 Å². The van der Waals surface area contributed by atoms with E-state index in [1.54, 1.807) is 0 Å². The zero-order valence-electron chi connectivity index (χ0n) is 12.4. The maximum Gasteiger partial charge on any atom is 0.242 e. The van der Waals surface area contributed by atoms with Gasteiger partial charge in [0.15, 0.2) is 0 Å². The normalized spacial score (nSPS) is 17.8. The minimum Gasteiger partial charge on any atom is -0.388 e. The van der Waals surface area contributed by atoms with Crippen LogP contribution in [-0.4, -0.2) is 33.6 Å². The molecule has 1 atom stereocenters. The first-order valence-electron chi connectivity index (χ1n) is 7.82. The van der Waals surface area contributed by atoms with E-state index in [-0.39, 0.29) is 5.91 Å². The van der Waals surface area contributed by atoms with Gasteiger partial charge in [-0.15, -0.1) is 0 Å². The average molecular weight is 278 g/mol. The second-order valence-electron chi connectivity index (χ2n) is 5.72. The van der Waals surface area contributed by atoms with Crippen molar-refractivity contribution >= 4 is 5.91 Å². The lowest BCUT2D eigenvalue weighted by atomic mass is 10.1. The number of carbonyl (C=O) groups excluding carboxylic acids is 1. The van der Waals surface area contributed by atoms with Crippen LogP contribution < -0.4 is 0 Å². The topological polar surface area (TPSA) is 45.5 Å². The van der Waals surface area contributed by atoms with Crippen LogP contribution >= 0.6 is 0 Å². The first-order chi connectivity index (χ1) is 9.70. The molecular weight excluding hydrogens is 252 g/mol. The molecule has 0 aliphatic carbocycles. The number of hydrogen-bond acceptors (Lipinski definition) is 2. The number of rotatable bonds is 5. The van der Waals surface area contributed by atoms with Crippen LogP contribution in [0.25, 0.3) is 0 Å². The van der Waals surface area contributed by atoms with Gasteiger partial charge in [-0.3, -0.25) is 4.79 Å². The number of hydrogen-bond donors (Lipinski definition) is 1. The van der Waals surface area contributed by atoms with E-state index in [1.165, 1.54) is 12.8 Å². The van der Waals surface area contributed by atoms with Crippen molar-refractivity contribution in [3.63, 3.8) is 0 Å². The van der Waals surface area contributed by atoms with E-state index in [2.05, 4.69) is 6.92 Å². The van der Waals surface area contributed by atoms with Crippen LogP contribution in [0.2, 0.25) is 0 Å². The standard InChI is InChI=1S/C16H26N2O2/c1-2-7-15(19)14-8-11-17(12-14)13-16(20)18-9-5-3-4-6-10-18/h8,11-12,15,19H,2-7,9-10,13H2,1H3. The highest BCUT2D eigenvalue weighted by Gasteiger charge is 2.16. The summed E-state index contributed by atoms with van der Waals surface area (Å²) in [5, 5.41) is 9.95. The molecule has 4 nitrogen and oxygen atoms in total. The number of nitrogens with zero attached hydrogens (tertiary/aromatic N) is 2. The summed E-state index contributed by atoms with van der Waals surface area (Å²) >= 11 is 0. The van der Waals surface area contributed by atoms with Crippen LogP contribution in [0.3, 0.4) is 0 Å². The van der Waals surface area contributed by atoms with Crippen molar-refractivity contribution in [3.05, 3.63) is 24.0 Å². The minimum absolute atomic E-state index is 0.194. The second kappa shape index (κ2) is 7.48. The Kier molecular flexibility index (Phi) is 5.65. The van der Waals surface area contributed by atoms with E-state index < -0.39 is 6.10 Å². The molecule has 0 bridgehead atoms. The van der Waals surface area contributed by atoms with E-state index in [9.17, 15) is 9.90 Å². The summed E-state index contributed by atoms with van der Waals surface area (Å²) < 4.78 is 1.89. The molecule has 1 aromatic heterocycles. The lowest BCUT2D eigenvalue weighted by molar-refractivity contribution is -0.131. The van der Waals surface area contributed by atoms with E-state index in [1.807, 2.05) is 27.9 Å². The molecule has 1 amide bonds. The molecule has 0 saturated carbocycles. The molecule has 1 saturated heterocycles. The van der Waals surface area contributed by atoms with Crippen LogP contribution in [0.4, 0.5) is 0 Å². The van der Waals surface area contributed by atoms with Crippen molar-refractivity contribution in [1.82, 2.24) is 9.47 Å². The summed E-state index contributed by atoms with van der Waals surface area (Å²) in [4.78, 5) is 14.2. The lowest BCUT2D eigenvalue weighted by Crippen LogP contribution is -2.34. The molecule has 1 aliphatic heterocycles. The highest BCUT2D eigenvalue weighted by Crippen LogP contribution is 2.18. The Morgan fingerprint density at radius 2 is 2.00 bits per heavy atom. The van der Waals surface area contributed by atoms with Crippen LogP contribution in [0.1, 0.15) is 57.1 Å². The third-order valence-corrected chi connectivity index (χ3v) is 4.00. The lowest BCUT2D eigenvalue weighted by Gasteiger charge is -2.20. The zero-order chi connectivity index (χ0) is 14.4. The minimum atomic E-state index is -0.408. The van der Waals surface area contributed by atoms with Gasteiger partial charge in [0, 0.05) is 25.5 Å². The number of aromatic nitrogens is 1. The molecule has 1 unspecified atom stereocenters. The molecule has 2 heterocycles. The first kappa shape index (κ1) is 15.1. The Hall–Kier alpha value is -1.29. The highest BCUT2D eigenvalue weighted by atomic mass is 16.3. The van der Waals surface area contributed by atoms with E-state index in [0.717, 1.165) is 44.3 Å². The summed E-state index contributed by atoms with van der Waals surface area (Å²) in [5.74, 6) is 0.194. The van der Waals surface area contributed by atoms with E-state index >= 15 is 0 Å². The van der Waals surface area contributed by atoms with Crippen LogP contribution in [0.5, 0.6) is 0 Å². The molecule has 0 aromatic carbocycles. The molecule has 1 aromatic rings. The molecule has 2 rings (SSSR count). The van der Waals surface area contributed by atoms with Gasteiger partial charge in [-0.05, 0) is 30.9 Å². The third-order valence-electron chi connectivity index (χ3n) is 4.00. The molecule has 1 fully saturated rings. The Bertz CT molecular complexity index is 420. The SMILES string of the molecule is CCCC(O)c1ccn(CC(=O)N2CCCCCC2)c1.